The summed E-state index contributed by atoms with van der Waals surface area (Å²) >= 11 is 1.65. The van der Waals surface area contributed by atoms with E-state index in [1.165, 1.54) is 19.1 Å². The Morgan fingerprint density at radius 1 is 1.43 bits per heavy atom. The van der Waals surface area contributed by atoms with Crippen molar-refractivity contribution in [3.05, 3.63) is 41.1 Å². The van der Waals surface area contributed by atoms with Crippen molar-refractivity contribution >= 4 is 27.5 Å². The zero-order valence-corrected chi connectivity index (χ0v) is 16.9. The van der Waals surface area contributed by atoms with Crippen LogP contribution in [0.25, 0.3) is 10.2 Å². The minimum absolute atomic E-state index is 0.161. The average molecular weight is 401 g/mol. The molecule has 1 atom stereocenters. The predicted molar refractivity (Wildman–Crippen MR) is 108 cm³/mol. The Bertz CT molecular complexity index is 967. The number of aromatic nitrogens is 2. The summed E-state index contributed by atoms with van der Waals surface area (Å²) in [6.45, 7) is 3.92. The molecule has 0 aliphatic carbocycles. The molecule has 1 aromatic carbocycles. The van der Waals surface area contributed by atoms with Crippen LogP contribution in [0.4, 0.5) is 0 Å². The van der Waals surface area contributed by atoms with Gasteiger partial charge in [0.15, 0.2) is 12.3 Å². The Balaban J connectivity index is 1.27. The molecule has 3 aromatic rings. The summed E-state index contributed by atoms with van der Waals surface area (Å²) in [6.07, 6.45) is 4.76. The summed E-state index contributed by atoms with van der Waals surface area (Å²) in [4.78, 5) is 23.3. The molecule has 1 fully saturated rings. The number of thiazole rings is 1. The van der Waals surface area contributed by atoms with E-state index in [4.69, 9.17) is 9.15 Å². The molecule has 8 heteroatoms. The second kappa shape index (κ2) is 8.28. The van der Waals surface area contributed by atoms with Gasteiger partial charge in [0.25, 0.3) is 5.91 Å². The van der Waals surface area contributed by atoms with Gasteiger partial charge in [-0.25, -0.2) is 9.97 Å². The Morgan fingerprint density at radius 3 is 3.14 bits per heavy atom. The number of hydrogen-bond acceptors (Lipinski definition) is 7. The second-order valence-corrected chi connectivity index (χ2v) is 8.33. The van der Waals surface area contributed by atoms with E-state index in [1.807, 2.05) is 25.1 Å². The van der Waals surface area contributed by atoms with Crippen molar-refractivity contribution in [1.29, 1.82) is 0 Å². The van der Waals surface area contributed by atoms with E-state index >= 15 is 0 Å². The third-order valence-corrected chi connectivity index (χ3v) is 6.00. The number of carbonyl (C=O) groups excluding carboxylic acids is 1. The van der Waals surface area contributed by atoms with Crippen molar-refractivity contribution in [3.8, 4) is 5.75 Å². The van der Waals surface area contributed by atoms with Gasteiger partial charge >= 0.3 is 0 Å². The molecule has 28 heavy (non-hydrogen) atoms. The fourth-order valence-electron chi connectivity index (χ4n) is 3.53. The van der Waals surface area contributed by atoms with E-state index in [0.717, 1.165) is 28.2 Å². The highest BCUT2D eigenvalue weighted by molar-refractivity contribution is 7.18. The zero-order chi connectivity index (χ0) is 19.5. The van der Waals surface area contributed by atoms with Crippen molar-refractivity contribution in [2.75, 3.05) is 20.1 Å². The van der Waals surface area contributed by atoms with Gasteiger partial charge in [-0.15, -0.1) is 11.3 Å². The summed E-state index contributed by atoms with van der Waals surface area (Å²) in [5.41, 5.74) is 1.20. The van der Waals surface area contributed by atoms with Gasteiger partial charge in [-0.1, -0.05) is 0 Å². The molecule has 1 aliphatic heterocycles. The number of carbonyl (C=O) groups is 1. The summed E-state index contributed by atoms with van der Waals surface area (Å²) in [5.74, 6) is 0.855. The Labute approximate surface area is 167 Å². The van der Waals surface area contributed by atoms with Gasteiger partial charge in [0.2, 0.25) is 5.89 Å². The molecule has 1 unspecified atom stereocenters. The summed E-state index contributed by atoms with van der Waals surface area (Å²) in [7, 11) is 2.14. The molecule has 0 bridgehead atoms. The van der Waals surface area contributed by atoms with Crippen LogP contribution in [0.3, 0.4) is 0 Å². The van der Waals surface area contributed by atoms with E-state index in [-0.39, 0.29) is 18.2 Å². The number of amides is 1. The number of ether oxygens (including phenoxy) is 1. The van der Waals surface area contributed by atoms with Gasteiger partial charge in [-0.3, -0.25) is 4.79 Å². The average Bonchev–Trinajstić information content (AvgIpc) is 3.39. The van der Waals surface area contributed by atoms with Gasteiger partial charge in [0.1, 0.15) is 12.0 Å². The maximum atomic E-state index is 12.2. The van der Waals surface area contributed by atoms with Crippen LogP contribution in [-0.2, 0) is 6.61 Å². The highest BCUT2D eigenvalue weighted by Gasteiger charge is 2.21. The lowest BCUT2D eigenvalue weighted by atomic mass is 10.1. The first-order valence-corrected chi connectivity index (χ1v) is 10.3. The SMILES string of the molecule is Cc1nc2cc(OCc3nc(C(=O)NCCC4CCCN4C)co3)ccc2s1. The third-order valence-electron chi connectivity index (χ3n) is 5.05. The van der Waals surface area contributed by atoms with Crippen LogP contribution in [-0.4, -0.2) is 47.0 Å². The Hall–Kier alpha value is -2.45. The molecule has 1 saturated heterocycles. The molecule has 0 saturated carbocycles. The van der Waals surface area contributed by atoms with Crippen molar-refractivity contribution in [2.45, 2.75) is 38.8 Å². The van der Waals surface area contributed by atoms with Crippen LogP contribution in [0.15, 0.2) is 28.9 Å². The largest absolute Gasteiger partial charge is 0.484 e. The fourth-order valence-corrected chi connectivity index (χ4v) is 4.33. The zero-order valence-electron chi connectivity index (χ0n) is 16.1. The van der Waals surface area contributed by atoms with Gasteiger partial charge in [0.05, 0.1) is 15.2 Å². The maximum absolute atomic E-state index is 12.2. The number of oxazole rings is 1. The number of likely N-dealkylation sites (tertiary alicyclic amines) is 1. The number of nitrogens with one attached hydrogen (secondary N) is 1. The topological polar surface area (TPSA) is 80.5 Å². The van der Waals surface area contributed by atoms with E-state index in [1.54, 1.807) is 11.3 Å². The number of fused-ring (bicyclic) bond motifs is 1. The third kappa shape index (κ3) is 4.34. The molecule has 1 aliphatic rings. The van der Waals surface area contributed by atoms with E-state index in [2.05, 4.69) is 27.2 Å². The molecule has 148 valence electrons. The minimum Gasteiger partial charge on any atom is -0.484 e. The van der Waals surface area contributed by atoms with Crippen molar-refractivity contribution in [2.24, 2.45) is 0 Å². The van der Waals surface area contributed by atoms with Crippen LogP contribution < -0.4 is 10.1 Å². The number of benzene rings is 1. The first-order chi connectivity index (χ1) is 13.6. The van der Waals surface area contributed by atoms with Crippen LogP contribution >= 0.6 is 11.3 Å². The van der Waals surface area contributed by atoms with E-state index < -0.39 is 0 Å². The van der Waals surface area contributed by atoms with Crippen LogP contribution in [0.5, 0.6) is 5.75 Å². The quantitative estimate of drug-likeness (QED) is 0.655. The predicted octanol–water partition coefficient (Wildman–Crippen LogP) is 3.39. The normalized spacial score (nSPS) is 17.3. The number of rotatable bonds is 7. The number of nitrogens with zero attached hydrogens (tertiary/aromatic N) is 3. The van der Waals surface area contributed by atoms with E-state index in [0.29, 0.717) is 24.2 Å². The molecule has 0 spiro atoms. The molecule has 3 heterocycles. The van der Waals surface area contributed by atoms with Crippen LogP contribution in [0, 0.1) is 6.92 Å². The Morgan fingerprint density at radius 2 is 2.32 bits per heavy atom. The van der Waals surface area contributed by atoms with Crippen molar-refractivity contribution in [1.82, 2.24) is 20.2 Å². The summed E-state index contributed by atoms with van der Waals surface area (Å²) < 4.78 is 12.2. The van der Waals surface area contributed by atoms with E-state index in [9.17, 15) is 4.79 Å². The van der Waals surface area contributed by atoms with Gasteiger partial charge < -0.3 is 19.4 Å². The molecule has 1 N–H and O–H groups in total. The Kier molecular flexibility index (Phi) is 5.59. The number of hydrogen-bond donors (Lipinski definition) is 1. The maximum Gasteiger partial charge on any atom is 0.273 e. The summed E-state index contributed by atoms with van der Waals surface area (Å²) in [5, 5.41) is 3.94. The minimum atomic E-state index is -0.213. The van der Waals surface area contributed by atoms with Crippen LogP contribution in [0.2, 0.25) is 0 Å². The van der Waals surface area contributed by atoms with Crippen molar-refractivity contribution < 1.29 is 13.9 Å². The lowest BCUT2D eigenvalue weighted by molar-refractivity contribution is 0.0945. The molecular weight excluding hydrogens is 376 g/mol. The highest BCUT2D eigenvalue weighted by atomic mass is 32.1. The molecule has 7 nitrogen and oxygen atoms in total. The molecule has 1 amide bonds. The molecule has 0 radical (unpaired) electrons. The van der Waals surface area contributed by atoms with Gasteiger partial charge in [-0.2, -0.15) is 0 Å². The molecular formula is C20H24N4O3S. The van der Waals surface area contributed by atoms with Crippen molar-refractivity contribution in [3.63, 3.8) is 0 Å². The molecule has 4 rings (SSSR count). The fraction of sp³-hybridized carbons (Fsp3) is 0.450. The lowest BCUT2D eigenvalue weighted by Gasteiger charge is -2.18. The van der Waals surface area contributed by atoms with Gasteiger partial charge in [-0.05, 0) is 51.9 Å². The smallest absolute Gasteiger partial charge is 0.273 e. The van der Waals surface area contributed by atoms with Gasteiger partial charge in [0, 0.05) is 18.7 Å². The standard InChI is InChI=1S/C20H24N4O3S/c1-13-22-16-10-15(5-6-18(16)28-13)26-12-19-23-17(11-27-19)20(25)21-8-7-14-4-3-9-24(14)2/h5-6,10-11,14H,3-4,7-9,12H2,1-2H3,(H,21,25). The monoisotopic (exact) mass is 400 g/mol. The second-order valence-electron chi connectivity index (χ2n) is 7.10. The first kappa shape index (κ1) is 18.9. The molecule has 2 aromatic heterocycles. The van der Waals surface area contributed by atoms with Crippen LogP contribution in [0.1, 0.15) is 40.6 Å². The summed E-state index contributed by atoms with van der Waals surface area (Å²) in [6, 6.07) is 6.35. The number of aryl methyl sites for hydroxylation is 1. The highest BCUT2D eigenvalue weighted by Crippen LogP contribution is 2.26. The lowest BCUT2D eigenvalue weighted by Crippen LogP contribution is -2.31. The first-order valence-electron chi connectivity index (χ1n) is 9.51.